The van der Waals surface area contributed by atoms with E-state index in [1.165, 1.54) is 12.8 Å². The van der Waals surface area contributed by atoms with Gasteiger partial charge in [0.05, 0.1) is 17.5 Å². The topological polar surface area (TPSA) is 63.7 Å². The summed E-state index contributed by atoms with van der Waals surface area (Å²) in [4.78, 5) is 41.2. The standard InChI is InChI=1S/C18H23NO4/c1-3-4-5-6-9-13(2)12-16(20)23-19-17(21)14-10-7-8-11-15(14)18(19)22/h7-8,10-11,13H,3-6,9,12H2,1-2H3. The van der Waals surface area contributed by atoms with Gasteiger partial charge in [-0.1, -0.05) is 63.1 Å². The van der Waals surface area contributed by atoms with Crippen LogP contribution in [0.4, 0.5) is 0 Å². The van der Waals surface area contributed by atoms with E-state index in [4.69, 9.17) is 4.84 Å². The molecule has 1 heterocycles. The highest BCUT2D eigenvalue weighted by atomic mass is 16.7. The molecule has 0 saturated heterocycles. The van der Waals surface area contributed by atoms with Crippen LogP contribution in [0, 0.1) is 5.92 Å². The van der Waals surface area contributed by atoms with Crippen molar-refractivity contribution in [3.63, 3.8) is 0 Å². The molecular weight excluding hydrogens is 294 g/mol. The Balaban J connectivity index is 1.84. The summed E-state index contributed by atoms with van der Waals surface area (Å²) in [6.45, 7) is 4.14. The average molecular weight is 317 g/mol. The number of hydroxylamine groups is 2. The molecule has 2 rings (SSSR count). The van der Waals surface area contributed by atoms with Gasteiger partial charge in [-0.3, -0.25) is 9.59 Å². The Labute approximate surface area is 136 Å². The van der Waals surface area contributed by atoms with E-state index in [0.717, 1.165) is 19.3 Å². The van der Waals surface area contributed by atoms with Gasteiger partial charge in [0.1, 0.15) is 0 Å². The van der Waals surface area contributed by atoms with E-state index in [1.807, 2.05) is 6.92 Å². The van der Waals surface area contributed by atoms with Crippen molar-refractivity contribution in [2.45, 2.75) is 52.4 Å². The fourth-order valence-corrected chi connectivity index (χ4v) is 2.70. The Bertz CT molecular complexity index is 561. The van der Waals surface area contributed by atoms with Crippen molar-refractivity contribution in [1.29, 1.82) is 0 Å². The number of nitrogens with zero attached hydrogens (tertiary/aromatic N) is 1. The second-order valence-electron chi connectivity index (χ2n) is 6.07. The van der Waals surface area contributed by atoms with Crippen molar-refractivity contribution < 1.29 is 19.2 Å². The third kappa shape index (κ3) is 4.18. The van der Waals surface area contributed by atoms with Crippen LogP contribution in [0.3, 0.4) is 0 Å². The van der Waals surface area contributed by atoms with Crippen molar-refractivity contribution in [3.05, 3.63) is 35.4 Å². The maximum atomic E-state index is 12.1. The van der Waals surface area contributed by atoms with Gasteiger partial charge in [-0.25, -0.2) is 4.79 Å². The number of fused-ring (bicyclic) bond motifs is 1. The molecule has 1 unspecified atom stereocenters. The summed E-state index contributed by atoms with van der Waals surface area (Å²) in [5, 5.41) is 0.580. The van der Waals surface area contributed by atoms with E-state index in [-0.39, 0.29) is 23.5 Å². The molecule has 1 aromatic rings. The van der Waals surface area contributed by atoms with Crippen molar-refractivity contribution >= 4 is 17.8 Å². The summed E-state index contributed by atoms with van der Waals surface area (Å²) in [7, 11) is 0. The Hall–Kier alpha value is -2.17. The number of hydrogen-bond donors (Lipinski definition) is 0. The van der Waals surface area contributed by atoms with Crippen LogP contribution in [0.2, 0.25) is 0 Å². The molecule has 124 valence electrons. The molecule has 1 aromatic carbocycles. The van der Waals surface area contributed by atoms with E-state index < -0.39 is 17.8 Å². The molecule has 1 aliphatic rings. The lowest BCUT2D eigenvalue weighted by Gasteiger charge is -2.15. The predicted octanol–water partition coefficient (Wildman–Crippen LogP) is 3.74. The fraction of sp³-hybridized carbons (Fsp3) is 0.500. The first-order chi connectivity index (χ1) is 11.0. The summed E-state index contributed by atoms with van der Waals surface area (Å²) >= 11 is 0. The number of amides is 2. The molecule has 0 N–H and O–H groups in total. The quantitative estimate of drug-likeness (QED) is 0.541. The zero-order valence-corrected chi connectivity index (χ0v) is 13.7. The first-order valence-electron chi connectivity index (χ1n) is 8.23. The second-order valence-corrected chi connectivity index (χ2v) is 6.07. The normalized spacial score (nSPS) is 14.8. The summed E-state index contributed by atoms with van der Waals surface area (Å²) in [6, 6.07) is 6.46. The van der Waals surface area contributed by atoms with Crippen LogP contribution in [-0.4, -0.2) is 22.8 Å². The van der Waals surface area contributed by atoms with Crippen LogP contribution >= 0.6 is 0 Å². The number of unbranched alkanes of at least 4 members (excludes halogenated alkanes) is 3. The van der Waals surface area contributed by atoms with Gasteiger partial charge in [-0.15, -0.1) is 0 Å². The van der Waals surface area contributed by atoms with Gasteiger partial charge >= 0.3 is 5.97 Å². The van der Waals surface area contributed by atoms with E-state index in [2.05, 4.69) is 6.92 Å². The molecule has 0 spiro atoms. The van der Waals surface area contributed by atoms with Gasteiger partial charge in [-0.05, 0) is 18.1 Å². The first-order valence-corrected chi connectivity index (χ1v) is 8.23. The SMILES string of the molecule is CCCCCCC(C)CC(=O)ON1C(=O)c2ccccc2C1=O. The summed E-state index contributed by atoms with van der Waals surface area (Å²) < 4.78 is 0. The number of imide groups is 1. The van der Waals surface area contributed by atoms with Crippen molar-refractivity contribution in [2.24, 2.45) is 5.92 Å². The lowest BCUT2D eigenvalue weighted by Crippen LogP contribution is -2.33. The molecule has 0 saturated carbocycles. The van der Waals surface area contributed by atoms with E-state index in [0.29, 0.717) is 5.06 Å². The van der Waals surface area contributed by atoms with Gasteiger partial charge in [0.2, 0.25) is 0 Å². The van der Waals surface area contributed by atoms with Gasteiger partial charge in [-0.2, -0.15) is 0 Å². The monoisotopic (exact) mass is 317 g/mol. The van der Waals surface area contributed by atoms with Crippen LogP contribution in [0.25, 0.3) is 0 Å². The number of rotatable bonds is 8. The number of benzene rings is 1. The van der Waals surface area contributed by atoms with Crippen molar-refractivity contribution in [2.75, 3.05) is 0 Å². The highest BCUT2D eigenvalue weighted by Crippen LogP contribution is 2.23. The smallest absolute Gasteiger partial charge is 0.330 e. The molecule has 0 fully saturated rings. The maximum absolute atomic E-state index is 12.1. The molecule has 23 heavy (non-hydrogen) atoms. The van der Waals surface area contributed by atoms with Gasteiger partial charge < -0.3 is 4.84 Å². The van der Waals surface area contributed by atoms with Crippen LogP contribution in [-0.2, 0) is 9.63 Å². The summed E-state index contributed by atoms with van der Waals surface area (Å²) in [6.07, 6.45) is 5.77. The first kappa shape index (κ1) is 17.2. The number of carbonyl (C=O) groups excluding carboxylic acids is 3. The molecule has 2 amide bonds. The van der Waals surface area contributed by atoms with Crippen LogP contribution in [0.5, 0.6) is 0 Å². The Kier molecular flexibility index (Phi) is 5.90. The highest BCUT2D eigenvalue weighted by Gasteiger charge is 2.38. The molecule has 0 aliphatic carbocycles. The second kappa shape index (κ2) is 7.90. The molecule has 0 bridgehead atoms. The Morgan fingerprint density at radius 1 is 1.09 bits per heavy atom. The minimum Gasteiger partial charge on any atom is -0.330 e. The van der Waals surface area contributed by atoms with Crippen LogP contribution in [0.15, 0.2) is 24.3 Å². The van der Waals surface area contributed by atoms with E-state index in [1.54, 1.807) is 24.3 Å². The largest absolute Gasteiger partial charge is 0.333 e. The number of carbonyl (C=O) groups is 3. The molecule has 5 nitrogen and oxygen atoms in total. The van der Waals surface area contributed by atoms with Crippen molar-refractivity contribution in [3.8, 4) is 0 Å². The third-order valence-electron chi connectivity index (χ3n) is 4.02. The molecule has 0 radical (unpaired) electrons. The van der Waals surface area contributed by atoms with Crippen LogP contribution in [0.1, 0.15) is 73.1 Å². The third-order valence-corrected chi connectivity index (χ3v) is 4.02. The molecule has 0 aromatic heterocycles. The number of hydrogen-bond acceptors (Lipinski definition) is 4. The Morgan fingerprint density at radius 3 is 2.26 bits per heavy atom. The van der Waals surface area contributed by atoms with E-state index >= 15 is 0 Å². The Morgan fingerprint density at radius 2 is 1.70 bits per heavy atom. The highest BCUT2D eigenvalue weighted by molar-refractivity contribution is 6.20. The van der Waals surface area contributed by atoms with Crippen LogP contribution < -0.4 is 0 Å². The fourth-order valence-electron chi connectivity index (χ4n) is 2.70. The van der Waals surface area contributed by atoms with Gasteiger partial charge in [0, 0.05) is 0 Å². The van der Waals surface area contributed by atoms with Gasteiger partial charge in [0.25, 0.3) is 11.8 Å². The summed E-state index contributed by atoms with van der Waals surface area (Å²) in [5.74, 6) is -1.51. The van der Waals surface area contributed by atoms with E-state index in [9.17, 15) is 14.4 Å². The average Bonchev–Trinajstić information content (AvgIpc) is 2.77. The lowest BCUT2D eigenvalue weighted by atomic mass is 10.00. The minimum absolute atomic E-state index is 0.175. The molecular formula is C18H23NO4. The van der Waals surface area contributed by atoms with Crippen molar-refractivity contribution in [1.82, 2.24) is 5.06 Å². The summed E-state index contributed by atoms with van der Waals surface area (Å²) in [5.41, 5.74) is 0.552. The zero-order chi connectivity index (χ0) is 16.8. The maximum Gasteiger partial charge on any atom is 0.333 e. The molecule has 1 aliphatic heterocycles. The minimum atomic E-state index is -0.574. The zero-order valence-electron chi connectivity index (χ0n) is 13.7. The predicted molar refractivity (Wildman–Crippen MR) is 85.6 cm³/mol. The molecule has 1 atom stereocenters. The lowest BCUT2D eigenvalue weighted by molar-refractivity contribution is -0.169. The van der Waals surface area contributed by atoms with Gasteiger partial charge in [0.15, 0.2) is 0 Å². The molecule has 5 heteroatoms.